The van der Waals surface area contributed by atoms with Gasteiger partial charge in [0.1, 0.15) is 6.04 Å². The first-order valence-electron chi connectivity index (χ1n) is 9.11. The number of aliphatic carboxylic acids is 1. The Kier molecular flexibility index (Phi) is 7.52. The lowest BCUT2D eigenvalue weighted by Crippen LogP contribution is -2.55. The third kappa shape index (κ3) is 5.79. The molecule has 0 heterocycles. The standard InChI is InChI=1S/C21H26N2O5/c1-13(2)19(20(25)22-17(12-28-3)21(26)27)23-18(24)11-14-8-9-15-6-4-5-7-16(15)10-14/h4-10,13,17,19H,11-12H2,1-3H3,(H,22,25)(H,23,24)(H,26,27). The van der Waals surface area contributed by atoms with Crippen LogP contribution >= 0.6 is 0 Å². The maximum Gasteiger partial charge on any atom is 0.328 e. The second kappa shape index (κ2) is 9.85. The zero-order chi connectivity index (χ0) is 20.7. The largest absolute Gasteiger partial charge is 0.480 e. The molecule has 3 N–H and O–H groups in total. The van der Waals surface area contributed by atoms with Crippen LogP contribution in [-0.2, 0) is 25.5 Å². The molecule has 0 radical (unpaired) electrons. The van der Waals surface area contributed by atoms with Crippen LogP contribution in [0.25, 0.3) is 10.8 Å². The van der Waals surface area contributed by atoms with Crippen LogP contribution in [0.2, 0.25) is 0 Å². The van der Waals surface area contributed by atoms with Crippen LogP contribution in [-0.4, -0.2) is 48.7 Å². The Morgan fingerprint density at radius 3 is 2.32 bits per heavy atom. The van der Waals surface area contributed by atoms with Gasteiger partial charge in [0.15, 0.2) is 6.04 Å². The number of ether oxygens (including phenoxy) is 1. The van der Waals surface area contributed by atoms with Gasteiger partial charge in [0.05, 0.1) is 13.0 Å². The van der Waals surface area contributed by atoms with E-state index in [0.29, 0.717) is 0 Å². The molecule has 0 aromatic heterocycles. The lowest BCUT2D eigenvalue weighted by atomic mass is 10.0. The summed E-state index contributed by atoms with van der Waals surface area (Å²) in [6.07, 6.45) is 0.127. The zero-order valence-corrected chi connectivity index (χ0v) is 16.3. The van der Waals surface area contributed by atoms with E-state index in [9.17, 15) is 14.4 Å². The van der Waals surface area contributed by atoms with Gasteiger partial charge in [0, 0.05) is 7.11 Å². The predicted octanol–water partition coefficient (Wildman–Crippen LogP) is 1.74. The Hall–Kier alpha value is -2.93. The Morgan fingerprint density at radius 2 is 1.71 bits per heavy atom. The monoisotopic (exact) mass is 386 g/mol. The maximum absolute atomic E-state index is 12.5. The predicted molar refractivity (Wildman–Crippen MR) is 106 cm³/mol. The molecule has 2 rings (SSSR count). The SMILES string of the molecule is COCC(NC(=O)C(NC(=O)Cc1ccc2ccccc2c1)C(C)C)C(=O)O. The highest BCUT2D eigenvalue weighted by Crippen LogP contribution is 2.16. The van der Waals surface area contributed by atoms with E-state index in [4.69, 9.17) is 9.84 Å². The number of carbonyl (C=O) groups is 3. The molecule has 0 saturated heterocycles. The second-order valence-corrected chi connectivity index (χ2v) is 7.00. The number of nitrogens with one attached hydrogen (secondary N) is 2. The third-order valence-corrected chi connectivity index (χ3v) is 4.39. The van der Waals surface area contributed by atoms with Crippen LogP contribution < -0.4 is 10.6 Å². The molecule has 0 aliphatic carbocycles. The molecule has 0 saturated carbocycles. The van der Waals surface area contributed by atoms with Gasteiger partial charge in [0.2, 0.25) is 11.8 Å². The van der Waals surface area contributed by atoms with Crippen molar-refractivity contribution in [2.24, 2.45) is 5.92 Å². The first-order chi connectivity index (χ1) is 13.3. The van der Waals surface area contributed by atoms with E-state index in [0.717, 1.165) is 16.3 Å². The average molecular weight is 386 g/mol. The second-order valence-electron chi connectivity index (χ2n) is 7.00. The molecule has 2 aromatic rings. The number of carboxylic acids is 1. The first kappa shape index (κ1) is 21.4. The summed E-state index contributed by atoms with van der Waals surface area (Å²) in [7, 11) is 1.35. The van der Waals surface area contributed by atoms with Crippen molar-refractivity contribution in [3.05, 3.63) is 48.0 Å². The van der Waals surface area contributed by atoms with Crippen molar-refractivity contribution in [1.29, 1.82) is 0 Å². The molecule has 0 aliphatic rings. The number of benzene rings is 2. The number of rotatable bonds is 9. The number of fused-ring (bicyclic) bond motifs is 1. The van der Waals surface area contributed by atoms with Crippen LogP contribution in [0.1, 0.15) is 19.4 Å². The van der Waals surface area contributed by atoms with Crippen molar-refractivity contribution in [3.63, 3.8) is 0 Å². The van der Waals surface area contributed by atoms with E-state index in [1.807, 2.05) is 42.5 Å². The summed E-state index contributed by atoms with van der Waals surface area (Å²) in [4.78, 5) is 36.2. The summed E-state index contributed by atoms with van der Waals surface area (Å²) in [5.74, 6) is -2.26. The lowest BCUT2D eigenvalue weighted by Gasteiger charge is -2.24. The number of carbonyl (C=O) groups excluding carboxylic acids is 2. The maximum atomic E-state index is 12.5. The minimum absolute atomic E-state index is 0.127. The van der Waals surface area contributed by atoms with Gasteiger partial charge in [-0.15, -0.1) is 0 Å². The van der Waals surface area contributed by atoms with Crippen molar-refractivity contribution < 1.29 is 24.2 Å². The van der Waals surface area contributed by atoms with Crippen LogP contribution in [0.15, 0.2) is 42.5 Å². The van der Waals surface area contributed by atoms with E-state index < -0.39 is 24.0 Å². The molecule has 7 heteroatoms. The number of hydrogen-bond acceptors (Lipinski definition) is 4. The fourth-order valence-corrected chi connectivity index (χ4v) is 2.90. The molecule has 2 unspecified atom stereocenters. The molecular weight excluding hydrogens is 360 g/mol. The van der Waals surface area contributed by atoms with Gasteiger partial charge in [-0.2, -0.15) is 0 Å². The van der Waals surface area contributed by atoms with Crippen LogP contribution in [0.3, 0.4) is 0 Å². The third-order valence-electron chi connectivity index (χ3n) is 4.39. The van der Waals surface area contributed by atoms with Gasteiger partial charge in [-0.05, 0) is 22.3 Å². The molecule has 2 amide bonds. The number of amides is 2. The Balaban J connectivity index is 2.04. The minimum atomic E-state index is -1.19. The zero-order valence-electron chi connectivity index (χ0n) is 16.3. The molecule has 0 spiro atoms. The van der Waals surface area contributed by atoms with E-state index in [2.05, 4.69) is 10.6 Å². The van der Waals surface area contributed by atoms with Crippen LogP contribution in [0.4, 0.5) is 0 Å². The summed E-state index contributed by atoms with van der Waals surface area (Å²) in [6.45, 7) is 3.41. The van der Waals surface area contributed by atoms with Crippen LogP contribution in [0, 0.1) is 5.92 Å². The molecular formula is C21H26N2O5. The van der Waals surface area contributed by atoms with Gasteiger partial charge in [-0.3, -0.25) is 9.59 Å². The molecule has 2 atom stereocenters. The molecule has 7 nitrogen and oxygen atoms in total. The van der Waals surface area contributed by atoms with Crippen molar-refractivity contribution in [2.75, 3.05) is 13.7 Å². The highest BCUT2D eigenvalue weighted by Gasteiger charge is 2.28. The smallest absolute Gasteiger partial charge is 0.328 e. The fourth-order valence-electron chi connectivity index (χ4n) is 2.90. The van der Waals surface area contributed by atoms with Gasteiger partial charge in [0.25, 0.3) is 0 Å². The minimum Gasteiger partial charge on any atom is -0.480 e. The van der Waals surface area contributed by atoms with Crippen molar-refractivity contribution >= 4 is 28.6 Å². The summed E-state index contributed by atoms with van der Waals surface area (Å²) in [5.41, 5.74) is 0.835. The number of hydrogen-bond donors (Lipinski definition) is 3. The van der Waals surface area contributed by atoms with Crippen molar-refractivity contribution in [3.8, 4) is 0 Å². The number of carboxylic acid groups (broad SMARTS) is 1. The van der Waals surface area contributed by atoms with Gasteiger partial charge < -0.3 is 20.5 Å². The van der Waals surface area contributed by atoms with E-state index in [1.165, 1.54) is 7.11 Å². The topological polar surface area (TPSA) is 105 Å². The summed E-state index contributed by atoms with van der Waals surface area (Å²) in [6, 6.07) is 11.6. The molecule has 2 aromatic carbocycles. The van der Waals surface area contributed by atoms with Crippen molar-refractivity contribution in [1.82, 2.24) is 10.6 Å². The highest BCUT2D eigenvalue weighted by molar-refractivity contribution is 5.91. The molecule has 0 aliphatic heterocycles. The summed E-state index contributed by atoms with van der Waals surface area (Å²) >= 11 is 0. The summed E-state index contributed by atoms with van der Waals surface area (Å²) < 4.78 is 4.82. The van der Waals surface area contributed by atoms with E-state index in [1.54, 1.807) is 13.8 Å². The van der Waals surface area contributed by atoms with Gasteiger partial charge in [-0.25, -0.2) is 4.79 Å². The normalized spacial score (nSPS) is 13.1. The van der Waals surface area contributed by atoms with Gasteiger partial charge >= 0.3 is 5.97 Å². The fraction of sp³-hybridized carbons (Fsp3) is 0.381. The molecule has 28 heavy (non-hydrogen) atoms. The Morgan fingerprint density at radius 1 is 1.04 bits per heavy atom. The Labute approximate surface area is 164 Å². The molecule has 0 bridgehead atoms. The quantitative estimate of drug-likeness (QED) is 0.609. The Bertz CT molecular complexity index is 850. The van der Waals surface area contributed by atoms with Gasteiger partial charge in [-0.1, -0.05) is 56.3 Å². The molecule has 150 valence electrons. The van der Waals surface area contributed by atoms with E-state index >= 15 is 0 Å². The first-order valence-corrected chi connectivity index (χ1v) is 9.11. The average Bonchev–Trinajstić information content (AvgIpc) is 2.65. The van der Waals surface area contributed by atoms with Crippen LogP contribution in [0.5, 0.6) is 0 Å². The van der Waals surface area contributed by atoms with Crippen molar-refractivity contribution in [2.45, 2.75) is 32.4 Å². The number of methoxy groups -OCH3 is 1. The lowest BCUT2D eigenvalue weighted by molar-refractivity contribution is -0.144. The highest BCUT2D eigenvalue weighted by atomic mass is 16.5. The van der Waals surface area contributed by atoms with E-state index in [-0.39, 0.29) is 24.9 Å². The molecule has 0 fully saturated rings. The summed E-state index contributed by atoms with van der Waals surface area (Å²) in [5, 5.41) is 16.4.